The number of rotatable bonds is 3. The van der Waals surface area contributed by atoms with Gasteiger partial charge in [-0.05, 0) is 0 Å². The van der Waals surface area contributed by atoms with E-state index in [0.29, 0.717) is 6.21 Å². The summed E-state index contributed by atoms with van der Waals surface area (Å²) in [5.41, 5.74) is 0. The summed E-state index contributed by atoms with van der Waals surface area (Å²) in [6.07, 6.45) is 0.537. The van der Waals surface area contributed by atoms with Crippen molar-refractivity contribution in [3.63, 3.8) is 0 Å². The number of amides is 1. The fourth-order valence-electron chi connectivity index (χ4n) is 0.283. The van der Waals surface area contributed by atoms with Gasteiger partial charge in [0.05, 0.1) is 5.25 Å². The predicted octanol–water partition coefficient (Wildman–Crippen LogP) is -0.103. The topological polar surface area (TPSA) is 66.7 Å². The van der Waals surface area contributed by atoms with Crippen LogP contribution in [-0.2, 0) is 9.59 Å². The summed E-state index contributed by atoms with van der Waals surface area (Å²) in [6, 6.07) is 0. The van der Waals surface area contributed by atoms with Crippen LogP contribution in [0.3, 0.4) is 0 Å². The molecule has 0 aliphatic rings. The number of aliphatic carboxylic acids is 1. The Morgan fingerprint density at radius 1 is 1.64 bits per heavy atom. The second kappa shape index (κ2) is 5.20. The zero-order valence-corrected chi connectivity index (χ0v) is 7.26. The number of carboxylic acids is 1. The zero-order valence-electron chi connectivity index (χ0n) is 5.47. The van der Waals surface area contributed by atoms with Crippen LogP contribution in [0.15, 0.2) is 4.99 Å². The Bertz CT molecular complexity index is 192. The number of hydrogen-bond acceptors (Lipinski definition) is 4. The summed E-state index contributed by atoms with van der Waals surface area (Å²) in [4.78, 5) is 23.7. The average molecular weight is 193 g/mol. The molecule has 1 N–H and O–H groups in total. The molecule has 0 fully saturated rings. The molecule has 0 saturated heterocycles. The summed E-state index contributed by atoms with van der Waals surface area (Å²) in [7, 11) is 0. The van der Waals surface area contributed by atoms with Crippen molar-refractivity contribution < 1.29 is 14.7 Å². The van der Waals surface area contributed by atoms with E-state index in [1.54, 1.807) is 0 Å². The summed E-state index contributed by atoms with van der Waals surface area (Å²) in [5, 5.41) is 7.44. The lowest BCUT2D eigenvalue weighted by molar-refractivity contribution is -0.129. The standard InChI is InChI=1S/C5H7NO3S2/c7-4(8)1-6-5(9)3(11)2-10/h1,3,10-11H,2H2,(H,7,8). The Balaban J connectivity index is 3.96. The molecule has 0 heterocycles. The molecule has 0 saturated carbocycles. The fraction of sp³-hybridized carbons (Fsp3) is 0.400. The minimum absolute atomic E-state index is 0.235. The highest BCUT2D eigenvalue weighted by molar-refractivity contribution is 7.85. The molecule has 0 spiro atoms. The summed E-state index contributed by atoms with van der Waals surface area (Å²) in [6.45, 7) is 0. The van der Waals surface area contributed by atoms with Crippen molar-refractivity contribution in [1.29, 1.82) is 0 Å². The predicted molar refractivity (Wildman–Crippen MR) is 47.8 cm³/mol. The lowest BCUT2D eigenvalue weighted by Gasteiger charge is -1.97. The number of hydrogen-bond donors (Lipinski definition) is 3. The summed E-state index contributed by atoms with van der Waals surface area (Å²) >= 11 is 7.58. The van der Waals surface area contributed by atoms with Gasteiger partial charge in [-0.1, -0.05) is 0 Å². The third-order valence-corrected chi connectivity index (χ3v) is 1.82. The van der Waals surface area contributed by atoms with Gasteiger partial charge in [-0.2, -0.15) is 25.3 Å². The first-order valence-corrected chi connectivity index (χ1v) is 3.82. The van der Waals surface area contributed by atoms with Gasteiger partial charge < -0.3 is 5.11 Å². The van der Waals surface area contributed by atoms with Crippen molar-refractivity contribution >= 4 is 43.3 Å². The van der Waals surface area contributed by atoms with Gasteiger partial charge in [-0.25, -0.2) is 9.79 Å². The molecule has 0 aromatic carbocycles. The van der Waals surface area contributed by atoms with Crippen LogP contribution in [0.25, 0.3) is 0 Å². The molecular weight excluding hydrogens is 186 g/mol. The molecule has 6 heteroatoms. The molecule has 0 bridgehead atoms. The van der Waals surface area contributed by atoms with Crippen LogP contribution in [0, 0.1) is 0 Å². The molecule has 0 aliphatic heterocycles. The fourth-order valence-corrected chi connectivity index (χ4v) is 0.506. The Labute approximate surface area is 74.5 Å². The largest absolute Gasteiger partial charge is 0.477 e. The van der Waals surface area contributed by atoms with E-state index in [9.17, 15) is 9.59 Å². The molecule has 1 amide bonds. The second-order valence-corrected chi connectivity index (χ2v) is 2.62. The van der Waals surface area contributed by atoms with Gasteiger partial charge in [0.25, 0.3) is 5.91 Å². The summed E-state index contributed by atoms with van der Waals surface area (Å²) < 4.78 is 0. The second-order valence-electron chi connectivity index (χ2n) is 1.63. The van der Waals surface area contributed by atoms with Crippen LogP contribution in [0.5, 0.6) is 0 Å². The first kappa shape index (κ1) is 10.5. The minimum Gasteiger partial charge on any atom is -0.477 e. The van der Waals surface area contributed by atoms with Crippen molar-refractivity contribution in [3.05, 3.63) is 0 Å². The molecule has 0 aliphatic carbocycles. The molecule has 62 valence electrons. The van der Waals surface area contributed by atoms with Gasteiger partial charge in [0.2, 0.25) is 0 Å². The van der Waals surface area contributed by atoms with E-state index < -0.39 is 17.1 Å². The number of carbonyl (C=O) groups is 2. The van der Waals surface area contributed by atoms with Gasteiger partial charge >= 0.3 is 5.97 Å². The lowest BCUT2D eigenvalue weighted by Crippen LogP contribution is -2.14. The van der Waals surface area contributed by atoms with Crippen LogP contribution in [0.4, 0.5) is 0 Å². The first-order valence-electron chi connectivity index (χ1n) is 2.67. The highest BCUT2D eigenvalue weighted by atomic mass is 32.1. The van der Waals surface area contributed by atoms with Crippen LogP contribution < -0.4 is 0 Å². The van der Waals surface area contributed by atoms with E-state index in [1.165, 1.54) is 0 Å². The summed E-state index contributed by atoms with van der Waals surface area (Å²) in [5.74, 6) is -1.61. The number of carbonyl (C=O) groups excluding carboxylic acids is 1. The van der Waals surface area contributed by atoms with Gasteiger partial charge in [-0.15, -0.1) is 0 Å². The molecule has 11 heavy (non-hydrogen) atoms. The van der Waals surface area contributed by atoms with Gasteiger partial charge in [0.15, 0.2) is 0 Å². The van der Waals surface area contributed by atoms with Crippen LogP contribution in [0.1, 0.15) is 0 Å². The average Bonchev–Trinajstić information content (AvgIpc) is 1.98. The Morgan fingerprint density at radius 3 is 2.55 bits per heavy atom. The number of thiol groups is 2. The van der Waals surface area contributed by atoms with Gasteiger partial charge in [0.1, 0.15) is 6.21 Å². The smallest absolute Gasteiger partial charge is 0.347 e. The Hall–Kier alpha value is -0.490. The van der Waals surface area contributed by atoms with E-state index in [4.69, 9.17) is 5.11 Å². The van der Waals surface area contributed by atoms with Gasteiger partial charge in [0, 0.05) is 5.75 Å². The van der Waals surface area contributed by atoms with Crippen molar-refractivity contribution in [2.45, 2.75) is 5.25 Å². The molecule has 0 radical (unpaired) electrons. The van der Waals surface area contributed by atoms with Crippen molar-refractivity contribution in [2.75, 3.05) is 5.75 Å². The maximum absolute atomic E-state index is 10.7. The Morgan fingerprint density at radius 2 is 2.18 bits per heavy atom. The third-order valence-electron chi connectivity index (χ3n) is 0.760. The number of carboxylic acid groups (broad SMARTS) is 1. The SMILES string of the molecule is O=C(O)C=NC(=O)C(S)CS. The van der Waals surface area contributed by atoms with Crippen LogP contribution in [0.2, 0.25) is 0 Å². The molecule has 4 nitrogen and oxygen atoms in total. The van der Waals surface area contributed by atoms with E-state index in [-0.39, 0.29) is 5.75 Å². The van der Waals surface area contributed by atoms with E-state index in [1.807, 2.05) is 0 Å². The molecular formula is C5H7NO3S2. The van der Waals surface area contributed by atoms with Crippen molar-refractivity contribution in [3.8, 4) is 0 Å². The zero-order chi connectivity index (χ0) is 8.85. The lowest BCUT2D eigenvalue weighted by atomic mass is 10.4. The maximum atomic E-state index is 10.7. The maximum Gasteiger partial charge on any atom is 0.347 e. The number of nitrogens with zero attached hydrogens (tertiary/aromatic N) is 1. The highest BCUT2D eigenvalue weighted by Crippen LogP contribution is 1.99. The minimum atomic E-state index is -1.25. The third kappa shape index (κ3) is 4.86. The monoisotopic (exact) mass is 193 g/mol. The van der Waals surface area contributed by atoms with Crippen molar-refractivity contribution in [1.82, 2.24) is 0 Å². The Kier molecular flexibility index (Phi) is 4.97. The highest BCUT2D eigenvalue weighted by Gasteiger charge is 2.09. The van der Waals surface area contributed by atoms with E-state index >= 15 is 0 Å². The van der Waals surface area contributed by atoms with Gasteiger partial charge in [-0.3, -0.25) is 4.79 Å². The molecule has 0 rings (SSSR count). The normalized spacial score (nSPS) is 13.3. The molecule has 1 atom stereocenters. The van der Waals surface area contributed by atoms with E-state index in [0.717, 1.165) is 0 Å². The first-order chi connectivity index (χ1) is 5.07. The van der Waals surface area contributed by atoms with Crippen molar-refractivity contribution in [2.24, 2.45) is 4.99 Å². The quantitative estimate of drug-likeness (QED) is 0.433. The molecule has 0 aromatic rings. The molecule has 1 unspecified atom stereocenters. The number of aliphatic imine (C=N–C) groups is 1. The van der Waals surface area contributed by atoms with Crippen LogP contribution >= 0.6 is 25.3 Å². The molecule has 0 aromatic heterocycles. The van der Waals surface area contributed by atoms with E-state index in [2.05, 4.69) is 30.2 Å². The van der Waals surface area contributed by atoms with Crippen LogP contribution in [-0.4, -0.2) is 34.2 Å².